The van der Waals surface area contributed by atoms with Crippen LogP contribution in [-0.2, 0) is 0 Å². The molecule has 3 nitrogen and oxygen atoms in total. The molecule has 0 amide bonds. The van der Waals surface area contributed by atoms with Gasteiger partial charge >= 0.3 is 0 Å². The fourth-order valence-corrected chi connectivity index (χ4v) is 5.87. The number of aromatic nitrogens is 3. The number of hydrogen-bond acceptors (Lipinski definition) is 2. The summed E-state index contributed by atoms with van der Waals surface area (Å²) in [6.07, 6.45) is 0. The Labute approximate surface area is 238 Å². The molecular weight excluding hydrogens is 498 g/mol. The highest BCUT2D eigenvalue weighted by Crippen LogP contribution is 2.34. The van der Waals surface area contributed by atoms with Gasteiger partial charge in [-0.2, -0.15) is 0 Å². The van der Waals surface area contributed by atoms with E-state index < -0.39 is 0 Å². The molecule has 0 spiro atoms. The smallest absolute Gasteiger partial charge is 0.161 e. The summed E-state index contributed by atoms with van der Waals surface area (Å²) in [5, 5.41) is 4.84. The molecule has 192 valence electrons. The van der Waals surface area contributed by atoms with Gasteiger partial charge in [-0.3, -0.25) is 0 Å². The minimum absolute atomic E-state index is 0.727. The molecule has 2 aromatic heterocycles. The van der Waals surface area contributed by atoms with Crippen molar-refractivity contribution in [2.45, 2.75) is 0 Å². The highest BCUT2D eigenvalue weighted by molar-refractivity contribution is 6.09. The van der Waals surface area contributed by atoms with E-state index in [0.717, 1.165) is 45.0 Å². The zero-order valence-electron chi connectivity index (χ0n) is 22.3. The van der Waals surface area contributed by atoms with Crippen molar-refractivity contribution < 1.29 is 0 Å². The van der Waals surface area contributed by atoms with Gasteiger partial charge in [0.15, 0.2) is 5.82 Å². The van der Waals surface area contributed by atoms with Crippen molar-refractivity contribution >= 4 is 32.6 Å². The third-order valence-corrected chi connectivity index (χ3v) is 7.83. The molecule has 0 aliphatic heterocycles. The molecule has 8 rings (SSSR count). The van der Waals surface area contributed by atoms with Gasteiger partial charge in [-0.25, -0.2) is 9.97 Å². The van der Waals surface area contributed by atoms with Crippen molar-refractivity contribution in [1.82, 2.24) is 14.5 Å². The van der Waals surface area contributed by atoms with Gasteiger partial charge in [0.1, 0.15) is 0 Å². The first kappa shape index (κ1) is 23.4. The van der Waals surface area contributed by atoms with Crippen LogP contribution in [0, 0.1) is 0 Å². The molecule has 0 aliphatic carbocycles. The average Bonchev–Trinajstić information content (AvgIpc) is 3.39. The third-order valence-electron chi connectivity index (χ3n) is 7.83. The van der Waals surface area contributed by atoms with Crippen LogP contribution in [0.15, 0.2) is 152 Å². The number of benzene rings is 6. The first-order chi connectivity index (χ1) is 20.3. The third kappa shape index (κ3) is 3.98. The topological polar surface area (TPSA) is 30.7 Å². The second-order valence-corrected chi connectivity index (χ2v) is 10.3. The fraction of sp³-hybridized carbons (Fsp3) is 0. The van der Waals surface area contributed by atoms with Gasteiger partial charge in [-0.15, -0.1) is 0 Å². The van der Waals surface area contributed by atoms with E-state index in [-0.39, 0.29) is 0 Å². The Hall–Kier alpha value is -5.54. The molecule has 8 aromatic rings. The fourth-order valence-electron chi connectivity index (χ4n) is 5.87. The van der Waals surface area contributed by atoms with E-state index in [1.807, 2.05) is 6.07 Å². The van der Waals surface area contributed by atoms with Crippen LogP contribution in [-0.4, -0.2) is 14.5 Å². The Morgan fingerprint density at radius 3 is 1.63 bits per heavy atom. The monoisotopic (exact) mass is 523 g/mol. The molecule has 0 fully saturated rings. The summed E-state index contributed by atoms with van der Waals surface area (Å²) >= 11 is 0. The Bertz CT molecular complexity index is 2130. The van der Waals surface area contributed by atoms with E-state index in [0.29, 0.717) is 0 Å². The molecule has 2 heterocycles. The normalized spacial score (nSPS) is 11.4. The average molecular weight is 524 g/mol. The molecule has 0 saturated heterocycles. The first-order valence-corrected chi connectivity index (χ1v) is 13.9. The molecule has 0 aliphatic rings. The van der Waals surface area contributed by atoms with Crippen molar-refractivity contribution in [3.05, 3.63) is 152 Å². The van der Waals surface area contributed by atoms with Crippen LogP contribution in [0.1, 0.15) is 0 Å². The van der Waals surface area contributed by atoms with E-state index in [1.54, 1.807) is 0 Å². The Balaban J connectivity index is 1.29. The summed E-state index contributed by atoms with van der Waals surface area (Å²) in [5.41, 5.74) is 8.48. The lowest BCUT2D eigenvalue weighted by atomic mass is 10.0. The molecule has 0 saturated carbocycles. The van der Waals surface area contributed by atoms with Crippen LogP contribution < -0.4 is 0 Å². The summed E-state index contributed by atoms with van der Waals surface area (Å²) in [6, 6.07) is 53.1. The largest absolute Gasteiger partial charge is 0.309 e. The van der Waals surface area contributed by atoms with Crippen molar-refractivity contribution in [2.75, 3.05) is 0 Å². The maximum absolute atomic E-state index is 5.12. The number of fused-ring (bicyclic) bond motifs is 4. The molecule has 0 atom stereocenters. The van der Waals surface area contributed by atoms with Crippen molar-refractivity contribution in [1.29, 1.82) is 0 Å². The summed E-state index contributed by atoms with van der Waals surface area (Å²) in [7, 11) is 0. The predicted molar refractivity (Wildman–Crippen MR) is 170 cm³/mol. The molecular formula is C38H25N3. The van der Waals surface area contributed by atoms with Crippen LogP contribution in [0.5, 0.6) is 0 Å². The lowest BCUT2D eigenvalue weighted by Crippen LogP contribution is -1.97. The van der Waals surface area contributed by atoms with E-state index in [9.17, 15) is 0 Å². The van der Waals surface area contributed by atoms with Crippen LogP contribution in [0.4, 0.5) is 0 Å². The van der Waals surface area contributed by atoms with Crippen LogP contribution in [0.3, 0.4) is 0 Å². The molecule has 0 unspecified atom stereocenters. The van der Waals surface area contributed by atoms with E-state index in [1.165, 1.54) is 27.2 Å². The molecule has 0 N–H and O–H groups in total. The summed E-state index contributed by atoms with van der Waals surface area (Å²) in [5.74, 6) is 0.727. The number of rotatable bonds is 4. The lowest BCUT2D eigenvalue weighted by Gasteiger charge is -2.12. The highest BCUT2D eigenvalue weighted by atomic mass is 15.0. The number of nitrogens with zero attached hydrogens (tertiary/aromatic N) is 3. The minimum Gasteiger partial charge on any atom is -0.309 e. The highest BCUT2D eigenvalue weighted by Gasteiger charge is 2.14. The predicted octanol–water partition coefficient (Wildman–Crippen LogP) is 9.73. The molecule has 3 heteroatoms. The standard InChI is InChI=1S/C38H25N3/c1-2-12-27(13-3-1)34-25-35(40-38(39-34)33-18-10-14-26-11-4-5-15-30(26)33)28-21-23-29(24-22-28)41-36-19-8-6-16-31(36)32-17-7-9-20-37(32)41/h1-25H. The lowest BCUT2D eigenvalue weighted by molar-refractivity contribution is 1.17. The quantitative estimate of drug-likeness (QED) is 0.230. The molecule has 41 heavy (non-hydrogen) atoms. The summed E-state index contributed by atoms with van der Waals surface area (Å²) < 4.78 is 2.34. The summed E-state index contributed by atoms with van der Waals surface area (Å²) in [4.78, 5) is 10.2. The maximum atomic E-state index is 5.12. The molecule has 0 radical (unpaired) electrons. The minimum atomic E-state index is 0.727. The first-order valence-electron chi connectivity index (χ1n) is 13.9. The maximum Gasteiger partial charge on any atom is 0.161 e. The molecule has 6 aromatic carbocycles. The second kappa shape index (κ2) is 9.58. The van der Waals surface area contributed by atoms with E-state index in [2.05, 4.69) is 150 Å². The van der Waals surface area contributed by atoms with Crippen molar-refractivity contribution in [3.63, 3.8) is 0 Å². The molecule has 0 bridgehead atoms. The number of hydrogen-bond donors (Lipinski definition) is 0. The van der Waals surface area contributed by atoms with Gasteiger partial charge in [0.2, 0.25) is 0 Å². The summed E-state index contributed by atoms with van der Waals surface area (Å²) in [6.45, 7) is 0. The van der Waals surface area contributed by atoms with Gasteiger partial charge < -0.3 is 4.57 Å². The van der Waals surface area contributed by atoms with Crippen molar-refractivity contribution in [2.24, 2.45) is 0 Å². The van der Waals surface area contributed by atoms with Gasteiger partial charge in [-0.05, 0) is 41.1 Å². The van der Waals surface area contributed by atoms with E-state index >= 15 is 0 Å². The van der Waals surface area contributed by atoms with Crippen LogP contribution in [0.2, 0.25) is 0 Å². The zero-order valence-corrected chi connectivity index (χ0v) is 22.3. The van der Waals surface area contributed by atoms with Crippen LogP contribution in [0.25, 0.3) is 72.2 Å². The Morgan fingerprint density at radius 2 is 0.951 bits per heavy atom. The van der Waals surface area contributed by atoms with Crippen LogP contribution >= 0.6 is 0 Å². The Morgan fingerprint density at radius 1 is 0.415 bits per heavy atom. The van der Waals surface area contributed by atoms with E-state index in [4.69, 9.17) is 9.97 Å². The second-order valence-electron chi connectivity index (χ2n) is 10.3. The zero-order chi connectivity index (χ0) is 27.2. The SMILES string of the molecule is c1ccc(-c2cc(-c3ccc(-n4c5ccccc5c5ccccc54)cc3)nc(-c3cccc4ccccc34)n2)cc1. The van der Waals surface area contributed by atoms with Gasteiger partial charge in [-0.1, -0.05) is 121 Å². The Kier molecular flexibility index (Phi) is 5.46. The van der Waals surface area contributed by atoms with Gasteiger partial charge in [0.25, 0.3) is 0 Å². The number of para-hydroxylation sites is 2. The van der Waals surface area contributed by atoms with Crippen molar-refractivity contribution in [3.8, 4) is 39.6 Å². The van der Waals surface area contributed by atoms with Gasteiger partial charge in [0, 0.05) is 33.2 Å². The van der Waals surface area contributed by atoms with Gasteiger partial charge in [0.05, 0.1) is 22.4 Å².